The first-order valence-corrected chi connectivity index (χ1v) is 9.78. The summed E-state index contributed by atoms with van der Waals surface area (Å²) in [5.41, 5.74) is -0.225. The molecular formula is C18H16ClNO4S. The molecule has 1 fully saturated rings. The lowest BCUT2D eigenvalue weighted by atomic mass is 9.89. The summed E-state index contributed by atoms with van der Waals surface area (Å²) in [5.74, 6) is 0.525. The van der Waals surface area contributed by atoms with Gasteiger partial charge in [-0.25, -0.2) is 8.42 Å². The van der Waals surface area contributed by atoms with E-state index in [1.54, 1.807) is 30.3 Å². The van der Waals surface area contributed by atoms with Crippen LogP contribution in [-0.2, 0) is 10.0 Å². The van der Waals surface area contributed by atoms with Gasteiger partial charge in [-0.05, 0) is 36.4 Å². The first-order chi connectivity index (χ1) is 11.9. The zero-order valence-electron chi connectivity index (χ0n) is 13.3. The maximum Gasteiger partial charge on any atom is 0.243 e. The molecule has 25 heavy (non-hydrogen) atoms. The molecule has 0 bridgehead atoms. The number of rotatable bonds is 2. The van der Waals surface area contributed by atoms with Crippen molar-refractivity contribution in [3.05, 3.63) is 59.1 Å². The van der Waals surface area contributed by atoms with Crippen molar-refractivity contribution in [3.8, 4) is 5.75 Å². The second-order valence-electron chi connectivity index (χ2n) is 6.42. The van der Waals surface area contributed by atoms with E-state index in [0.717, 1.165) is 0 Å². The number of hydrogen-bond acceptors (Lipinski definition) is 4. The van der Waals surface area contributed by atoms with Crippen molar-refractivity contribution < 1.29 is 17.9 Å². The van der Waals surface area contributed by atoms with E-state index >= 15 is 0 Å². The average Bonchev–Trinajstić information content (AvgIpc) is 2.99. The Morgan fingerprint density at radius 2 is 1.80 bits per heavy atom. The standard InChI is InChI=1S/C18H16ClNO4S/c19-13-5-7-14(8-6-13)25(22,23)20-10-9-18(12-20)11-16(21)15-3-1-2-4-17(15)24-18/h1-8H,9-12H2. The molecule has 0 amide bonds. The minimum atomic E-state index is -3.64. The number of fused-ring (bicyclic) bond motifs is 1. The Morgan fingerprint density at radius 1 is 1.08 bits per heavy atom. The van der Waals surface area contributed by atoms with Crippen molar-refractivity contribution in [2.75, 3.05) is 13.1 Å². The number of ether oxygens (including phenoxy) is 1. The van der Waals surface area contributed by atoms with Crippen molar-refractivity contribution >= 4 is 27.4 Å². The highest BCUT2D eigenvalue weighted by molar-refractivity contribution is 7.89. The van der Waals surface area contributed by atoms with Crippen LogP contribution >= 0.6 is 11.6 Å². The van der Waals surface area contributed by atoms with Gasteiger partial charge in [-0.1, -0.05) is 23.7 Å². The summed E-state index contributed by atoms with van der Waals surface area (Å²) < 4.78 is 33.2. The molecule has 130 valence electrons. The summed E-state index contributed by atoms with van der Waals surface area (Å²) >= 11 is 5.84. The Balaban J connectivity index is 1.61. The van der Waals surface area contributed by atoms with Crippen molar-refractivity contribution in [2.45, 2.75) is 23.3 Å². The van der Waals surface area contributed by atoms with Gasteiger partial charge in [0.15, 0.2) is 5.78 Å². The monoisotopic (exact) mass is 377 g/mol. The molecule has 1 unspecified atom stereocenters. The molecule has 1 atom stereocenters. The van der Waals surface area contributed by atoms with Gasteiger partial charge in [0.25, 0.3) is 0 Å². The van der Waals surface area contributed by atoms with Crippen LogP contribution < -0.4 is 4.74 Å². The molecule has 0 saturated carbocycles. The molecule has 1 saturated heterocycles. The molecule has 2 heterocycles. The van der Waals surface area contributed by atoms with Gasteiger partial charge in [0.1, 0.15) is 11.4 Å². The predicted octanol–water partition coefficient (Wildman–Crippen LogP) is 3.14. The number of nitrogens with zero attached hydrogens (tertiary/aromatic N) is 1. The highest BCUT2D eigenvalue weighted by Crippen LogP contribution is 2.40. The topological polar surface area (TPSA) is 63.7 Å². The molecule has 5 nitrogen and oxygen atoms in total. The number of benzene rings is 2. The van der Waals surface area contributed by atoms with E-state index in [4.69, 9.17) is 16.3 Å². The molecule has 0 radical (unpaired) electrons. The maximum absolute atomic E-state index is 12.8. The first kappa shape index (κ1) is 16.6. The van der Waals surface area contributed by atoms with Gasteiger partial charge < -0.3 is 4.74 Å². The number of para-hydroxylation sites is 1. The smallest absolute Gasteiger partial charge is 0.243 e. The van der Waals surface area contributed by atoms with E-state index in [2.05, 4.69) is 0 Å². The molecule has 0 aliphatic carbocycles. The van der Waals surface area contributed by atoms with E-state index in [1.165, 1.54) is 16.4 Å². The van der Waals surface area contributed by atoms with Crippen LogP contribution in [0.3, 0.4) is 0 Å². The molecule has 2 aliphatic rings. The van der Waals surface area contributed by atoms with E-state index in [9.17, 15) is 13.2 Å². The normalized spacial score (nSPS) is 23.5. The fraction of sp³-hybridized carbons (Fsp3) is 0.278. The zero-order valence-corrected chi connectivity index (χ0v) is 14.9. The molecule has 0 aromatic heterocycles. The van der Waals surface area contributed by atoms with Crippen LogP contribution in [0.4, 0.5) is 0 Å². The molecule has 2 aliphatic heterocycles. The summed E-state index contributed by atoms with van der Waals surface area (Å²) in [4.78, 5) is 12.6. The summed E-state index contributed by atoms with van der Waals surface area (Å²) in [6.45, 7) is 0.485. The molecule has 7 heteroatoms. The first-order valence-electron chi connectivity index (χ1n) is 7.97. The SMILES string of the molecule is O=C1CC2(CCN(S(=O)(=O)c3ccc(Cl)cc3)C2)Oc2ccccc21. The number of carbonyl (C=O) groups excluding carboxylic acids is 1. The lowest BCUT2D eigenvalue weighted by molar-refractivity contribution is 0.0498. The van der Waals surface area contributed by atoms with Crippen LogP contribution in [0.25, 0.3) is 0 Å². The van der Waals surface area contributed by atoms with Crippen LogP contribution in [0.2, 0.25) is 5.02 Å². The Labute approximate surface area is 151 Å². The third kappa shape index (κ3) is 2.84. The second kappa shape index (κ2) is 5.83. The van der Waals surface area contributed by atoms with Crippen LogP contribution in [0, 0.1) is 0 Å². The third-order valence-corrected chi connectivity index (χ3v) is 6.84. The number of carbonyl (C=O) groups is 1. The molecule has 4 rings (SSSR count). The van der Waals surface area contributed by atoms with Gasteiger partial charge in [-0.3, -0.25) is 4.79 Å². The summed E-state index contributed by atoms with van der Waals surface area (Å²) in [7, 11) is -3.64. The van der Waals surface area contributed by atoms with Crippen molar-refractivity contribution in [2.24, 2.45) is 0 Å². The maximum atomic E-state index is 12.8. The molecular weight excluding hydrogens is 362 g/mol. The number of ketones is 1. The minimum Gasteiger partial charge on any atom is -0.485 e. The second-order valence-corrected chi connectivity index (χ2v) is 8.80. The largest absolute Gasteiger partial charge is 0.485 e. The quantitative estimate of drug-likeness (QED) is 0.806. The van der Waals surface area contributed by atoms with Crippen LogP contribution in [0.5, 0.6) is 5.75 Å². The van der Waals surface area contributed by atoms with Crippen molar-refractivity contribution in [3.63, 3.8) is 0 Å². The molecule has 2 aromatic rings. The molecule has 2 aromatic carbocycles. The van der Waals surface area contributed by atoms with Gasteiger partial charge in [-0.2, -0.15) is 4.31 Å². The summed E-state index contributed by atoms with van der Waals surface area (Å²) in [6, 6.07) is 13.2. The third-order valence-electron chi connectivity index (χ3n) is 4.73. The number of Topliss-reactive ketones (excluding diaryl/α,β-unsaturated/α-hetero) is 1. The highest BCUT2D eigenvalue weighted by atomic mass is 35.5. The Morgan fingerprint density at radius 3 is 2.56 bits per heavy atom. The van der Waals surface area contributed by atoms with Gasteiger partial charge in [0, 0.05) is 18.0 Å². The fourth-order valence-electron chi connectivity index (χ4n) is 3.44. The predicted molar refractivity (Wildman–Crippen MR) is 93.6 cm³/mol. The van der Waals surface area contributed by atoms with Gasteiger partial charge >= 0.3 is 0 Å². The lowest BCUT2D eigenvalue weighted by Gasteiger charge is -2.34. The molecule has 0 N–H and O–H groups in total. The van der Waals surface area contributed by atoms with Crippen LogP contribution in [0.15, 0.2) is 53.4 Å². The van der Waals surface area contributed by atoms with E-state index < -0.39 is 15.6 Å². The van der Waals surface area contributed by atoms with Gasteiger partial charge in [0.05, 0.1) is 23.4 Å². The van der Waals surface area contributed by atoms with Crippen LogP contribution in [-0.4, -0.2) is 37.2 Å². The average molecular weight is 378 g/mol. The van der Waals surface area contributed by atoms with E-state index in [0.29, 0.717) is 29.3 Å². The summed E-state index contributed by atoms with van der Waals surface area (Å²) in [5, 5.41) is 0.481. The van der Waals surface area contributed by atoms with E-state index in [-0.39, 0.29) is 23.6 Å². The molecule has 1 spiro atoms. The van der Waals surface area contributed by atoms with Gasteiger partial charge in [0.2, 0.25) is 10.0 Å². The lowest BCUT2D eigenvalue weighted by Crippen LogP contribution is -2.45. The highest BCUT2D eigenvalue weighted by Gasteiger charge is 2.48. The fourth-order valence-corrected chi connectivity index (χ4v) is 5.08. The number of sulfonamides is 1. The van der Waals surface area contributed by atoms with E-state index in [1.807, 2.05) is 6.07 Å². The number of halogens is 1. The van der Waals surface area contributed by atoms with Crippen molar-refractivity contribution in [1.82, 2.24) is 4.31 Å². The number of hydrogen-bond donors (Lipinski definition) is 0. The Kier molecular flexibility index (Phi) is 3.86. The van der Waals surface area contributed by atoms with Crippen LogP contribution in [0.1, 0.15) is 23.2 Å². The zero-order chi connectivity index (χ0) is 17.7. The minimum absolute atomic E-state index is 0.00686. The summed E-state index contributed by atoms with van der Waals surface area (Å²) in [6.07, 6.45) is 0.677. The Hall–Kier alpha value is -1.89. The Bertz CT molecular complexity index is 942. The van der Waals surface area contributed by atoms with Gasteiger partial charge in [-0.15, -0.1) is 0 Å². The van der Waals surface area contributed by atoms with Crippen molar-refractivity contribution in [1.29, 1.82) is 0 Å².